The molecule has 0 aromatic carbocycles. The minimum absolute atomic E-state index is 0.0459. The predicted molar refractivity (Wildman–Crippen MR) is 227 cm³/mol. The molecule has 0 radical (unpaired) electrons. The average molecular weight is 881 g/mol. The summed E-state index contributed by atoms with van der Waals surface area (Å²) in [5, 5.41) is 49.1. The molecule has 4 saturated heterocycles. The first kappa shape index (κ1) is 50.6. The molecule has 4 heterocycles. The lowest BCUT2D eigenvalue weighted by molar-refractivity contribution is -0.259. The minimum atomic E-state index is -1.28. The Morgan fingerprint density at radius 1 is 0.355 bits per heavy atom. The van der Waals surface area contributed by atoms with Gasteiger partial charge in [-0.1, -0.05) is 0 Å². The van der Waals surface area contributed by atoms with Crippen molar-refractivity contribution in [2.45, 2.75) is 244 Å². The molecule has 16 nitrogen and oxygen atoms in total. The van der Waals surface area contributed by atoms with Crippen molar-refractivity contribution in [2.75, 3.05) is 0 Å². The third-order valence-electron chi connectivity index (χ3n) is 14.7. The van der Waals surface area contributed by atoms with Crippen LogP contribution in [0.4, 0.5) is 0 Å². The summed E-state index contributed by atoms with van der Waals surface area (Å²) in [4.78, 5) is 57.5. The molecule has 5 rings (SSSR count). The summed E-state index contributed by atoms with van der Waals surface area (Å²) >= 11 is 0. The third-order valence-corrected chi connectivity index (χ3v) is 14.7. The molecule has 62 heavy (non-hydrogen) atoms. The molecule has 0 spiro atoms. The van der Waals surface area contributed by atoms with E-state index in [4.69, 9.17) is 18.9 Å². The number of ether oxygens (including phenoxy) is 4. The highest BCUT2D eigenvalue weighted by Crippen LogP contribution is 2.46. The van der Waals surface area contributed by atoms with E-state index in [1.165, 1.54) is 20.3 Å². The summed E-state index contributed by atoms with van der Waals surface area (Å²) in [6, 6.07) is 0. The Labute approximate surface area is 369 Å². The van der Waals surface area contributed by atoms with Crippen LogP contribution in [0.2, 0.25) is 0 Å². The Balaban J connectivity index is 1.52. The summed E-state index contributed by atoms with van der Waals surface area (Å²) < 4.78 is 25.5. The average Bonchev–Trinajstić information content (AvgIpc) is 3.10. The summed E-state index contributed by atoms with van der Waals surface area (Å²) in [6.07, 6.45) is -2.44. The van der Waals surface area contributed by atoms with Crippen molar-refractivity contribution in [3.05, 3.63) is 0 Å². The second kappa shape index (κ2) is 16.8. The lowest BCUT2D eigenvalue weighted by atomic mass is 9.75. The number of carbonyl (C=O) groups excluding carboxylic acids is 4. The van der Waals surface area contributed by atoms with Crippen molar-refractivity contribution in [1.82, 2.24) is 20.3 Å². The lowest BCUT2D eigenvalue weighted by Gasteiger charge is -2.52. The normalized spacial score (nSPS) is 33.0. The van der Waals surface area contributed by atoms with Crippen LogP contribution in [-0.4, -0.2) is 134 Å². The largest absolute Gasteiger partial charge is 0.462 e. The summed E-state index contributed by atoms with van der Waals surface area (Å²) in [7, 11) is 0. The highest BCUT2D eigenvalue weighted by atomic mass is 16.6. The minimum Gasteiger partial charge on any atom is -0.462 e. The van der Waals surface area contributed by atoms with Gasteiger partial charge >= 0.3 is 23.9 Å². The quantitative estimate of drug-likeness (QED) is 0.143. The van der Waals surface area contributed by atoms with Gasteiger partial charge in [-0.25, -0.2) is 0 Å². The predicted octanol–water partition coefficient (Wildman–Crippen LogP) is 7.06. The van der Waals surface area contributed by atoms with E-state index in [9.17, 15) is 40.0 Å². The summed E-state index contributed by atoms with van der Waals surface area (Å²) in [5.41, 5.74) is -6.16. The fourth-order valence-electron chi connectivity index (χ4n) is 12.3. The van der Waals surface area contributed by atoms with Gasteiger partial charge in [0.15, 0.2) is 6.10 Å². The molecule has 4 aliphatic heterocycles. The fraction of sp³-hybridized carbons (Fsp3) is 0.913. The number of rotatable bonds is 8. The van der Waals surface area contributed by atoms with Crippen LogP contribution < -0.4 is 0 Å². The molecule has 1 aliphatic carbocycles. The molecule has 0 bridgehead atoms. The summed E-state index contributed by atoms with van der Waals surface area (Å²) in [5.74, 6) is -4.78. The summed E-state index contributed by atoms with van der Waals surface area (Å²) in [6.45, 7) is 29.6. The fourth-order valence-corrected chi connectivity index (χ4v) is 12.3. The van der Waals surface area contributed by atoms with E-state index < -0.39 is 116 Å². The van der Waals surface area contributed by atoms with Crippen molar-refractivity contribution in [3.8, 4) is 0 Å². The first-order valence-corrected chi connectivity index (χ1v) is 22.7. The molecular weight excluding hydrogens is 801 g/mol. The van der Waals surface area contributed by atoms with Gasteiger partial charge in [-0.2, -0.15) is 20.3 Å². The van der Waals surface area contributed by atoms with E-state index in [0.29, 0.717) is 12.8 Å². The lowest BCUT2D eigenvalue weighted by Crippen LogP contribution is -2.62. The molecule has 16 heteroatoms. The Morgan fingerprint density at radius 3 is 0.774 bits per heavy atom. The van der Waals surface area contributed by atoms with Crippen LogP contribution in [0.3, 0.4) is 0 Å². The highest BCUT2D eigenvalue weighted by Gasteiger charge is 2.55. The van der Waals surface area contributed by atoms with Crippen LogP contribution in [0.25, 0.3) is 0 Å². The number of piperidine rings is 4. The molecule has 0 aromatic rings. The molecule has 2 atom stereocenters. The van der Waals surface area contributed by atoms with E-state index in [0.717, 1.165) is 0 Å². The van der Waals surface area contributed by atoms with Gasteiger partial charge in [0.05, 0.1) is 23.7 Å². The van der Waals surface area contributed by atoms with Crippen molar-refractivity contribution >= 4 is 23.9 Å². The second-order valence-corrected chi connectivity index (χ2v) is 24.5. The van der Waals surface area contributed by atoms with Gasteiger partial charge in [-0.15, -0.1) is 0 Å². The van der Waals surface area contributed by atoms with Crippen LogP contribution in [0.5, 0.6) is 0 Å². The standard InChI is InChI=1S/C46H80N4O12/c1-39(2)19-27(20-40(3,4)47(39)55)35(51)59-31-17-32(60-36(52)28-21-41(5,6)48(56)42(7,8)22-28)34(62-38(54)30-25-45(13,14)50(58)46(15,16)26-30)33(18-31)61-37(53)29-23-43(9,10)49(57)44(11,12)24-29/h27-34,55-58H,17-26H2,1-16H3. The smallest absolute Gasteiger partial charge is 0.309 e. The zero-order valence-electron chi connectivity index (χ0n) is 40.5. The van der Waals surface area contributed by atoms with Gasteiger partial charge in [0, 0.05) is 57.2 Å². The van der Waals surface area contributed by atoms with Gasteiger partial charge in [-0.3, -0.25) is 19.2 Å². The van der Waals surface area contributed by atoms with E-state index in [-0.39, 0.29) is 51.4 Å². The number of hydrogen-bond donors (Lipinski definition) is 4. The first-order valence-electron chi connectivity index (χ1n) is 22.7. The van der Waals surface area contributed by atoms with Gasteiger partial charge in [-0.05, 0) is 162 Å². The number of hydrogen-bond acceptors (Lipinski definition) is 16. The van der Waals surface area contributed by atoms with Gasteiger partial charge < -0.3 is 39.8 Å². The molecule has 0 aromatic heterocycles. The number of nitrogens with zero attached hydrogens (tertiary/aromatic N) is 4. The number of carbonyl (C=O) groups is 4. The molecule has 1 saturated carbocycles. The topological polar surface area (TPSA) is 199 Å². The van der Waals surface area contributed by atoms with Crippen LogP contribution in [0, 0.1) is 23.7 Å². The monoisotopic (exact) mass is 881 g/mol. The zero-order valence-corrected chi connectivity index (χ0v) is 40.5. The number of esters is 4. The third kappa shape index (κ3) is 10.3. The van der Waals surface area contributed by atoms with E-state index in [1.54, 1.807) is 0 Å². The molecule has 2 unspecified atom stereocenters. The van der Waals surface area contributed by atoms with E-state index in [1.807, 2.05) is 111 Å². The van der Waals surface area contributed by atoms with Gasteiger partial charge in [0.25, 0.3) is 0 Å². The molecule has 356 valence electrons. The first-order chi connectivity index (χ1) is 27.9. The van der Waals surface area contributed by atoms with E-state index in [2.05, 4.69) is 0 Å². The Bertz CT molecular complexity index is 1570. The maximum atomic E-state index is 14.5. The SMILES string of the molecule is CC1(C)CC(C(=O)OC2CC(OC(=O)C3CC(C)(C)N(O)C(C)(C)C3)C(OC(=O)C3CC(C)(C)N(O)C(C)(C)C3)C(OC(=O)C3CC(C)(C)N(O)C(C)(C)C3)C2)CC(C)(C)N1O. The maximum absolute atomic E-state index is 14.5. The molecule has 4 N–H and O–H groups in total. The molecule has 0 amide bonds. The van der Waals surface area contributed by atoms with Crippen LogP contribution >= 0.6 is 0 Å². The number of hydroxylamine groups is 8. The van der Waals surface area contributed by atoms with Crippen molar-refractivity contribution < 1.29 is 59.0 Å². The van der Waals surface area contributed by atoms with Crippen LogP contribution in [-0.2, 0) is 38.1 Å². The van der Waals surface area contributed by atoms with E-state index >= 15 is 0 Å². The van der Waals surface area contributed by atoms with Gasteiger partial charge in [0.1, 0.15) is 18.3 Å². The Hall–Kier alpha value is -2.44. The maximum Gasteiger partial charge on any atom is 0.309 e. The molecule has 5 aliphatic rings. The Morgan fingerprint density at radius 2 is 0.548 bits per heavy atom. The van der Waals surface area contributed by atoms with Crippen molar-refractivity contribution in [2.24, 2.45) is 23.7 Å². The van der Waals surface area contributed by atoms with Gasteiger partial charge in [0.2, 0.25) is 0 Å². The highest BCUT2D eigenvalue weighted by molar-refractivity contribution is 5.76. The van der Waals surface area contributed by atoms with Crippen molar-refractivity contribution in [3.63, 3.8) is 0 Å². The molecule has 5 fully saturated rings. The molecular formula is C46H80N4O12. The van der Waals surface area contributed by atoms with Crippen LogP contribution in [0.15, 0.2) is 0 Å². The Kier molecular flexibility index (Phi) is 13.7. The second-order valence-electron chi connectivity index (χ2n) is 24.5. The zero-order chi connectivity index (χ0) is 47.1. The van der Waals surface area contributed by atoms with Crippen LogP contribution in [0.1, 0.15) is 175 Å². The van der Waals surface area contributed by atoms with Crippen molar-refractivity contribution in [1.29, 1.82) is 0 Å².